The highest BCUT2D eigenvalue weighted by atomic mass is 16.5. The van der Waals surface area contributed by atoms with E-state index in [0.29, 0.717) is 36.6 Å². The van der Waals surface area contributed by atoms with Crippen molar-refractivity contribution in [3.05, 3.63) is 59.2 Å². The van der Waals surface area contributed by atoms with Crippen LogP contribution in [0.15, 0.2) is 42.5 Å². The molecular formula is C28H38N4O6. The van der Waals surface area contributed by atoms with E-state index in [1.807, 2.05) is 27.8 Å². The zero-order chi connectivity index (χ0) is 28.0. The van der Waals surface area contributed by atoms with Crippen LogP contribution in [0.5, 0.6) is 5.75 Å². The van der Waals surface area contributed by atoms with Crippen molar-refractivity contribution in [3.8, 4) is 5.75 Å². The molecule has 0 aromatic heterocycles. The minimum atomic E-state index is -0.963. The van der Waals surface area contributed by atoms with Crippen LogP contribution in [-0.2, 0) is 6.54 Å². The number of hydrogen-bond acceptors (Lipinski definition) is 6. The summed E-state index contributed by atoms with van der Waals surface area (Å²) in [5.74, 6) is -0.870. The van der Waals surface area contributed by atoms with E-state index in [-0.39, 0.29) is 42.2 Å². The second-order valence-electron chi connectivity index (χ2n) is 10.3. The summed E-state index contributed by atoms with van der Waals surface area (Å²) in [5.41, 5.74) is 1.99. The third-order valence-electron chi connectivity index (χ3n) is 6.49. The number of carbonyl (C=O) groups excluding carboxylic acids is 2. The largest absolute Gasteiger partial charge is 0.488 e. The second-order valence-corrected chi connectivity index (χ2v) is 10.3. The molecule has 2 aromatic carbocycles. The minimum Gasteiger partial charge on any atom is -0.488 e. The molecule has 0 saturated carbocycles. The highest BCUT2D eigenvalue weighted by Crippen LogP contribution is 2.30. The molecule has 2 aromatic rings. The number of anilines is 1. The quantitative estimate of drug-likeness (QED) is 0.394. The second kappa shape index (κ2) is 12.7. The summed E-state index contributed by atoms with van der Waals surface area (Å²) in [6.45, 7) is 8.87. The van der Waals surface area contributed by atoms with Gasteiger partial charge < -0.3 is 30.5 Å². The van der Waals surface area contributed by atoms with Crippen LogP contribution in [-0.4, -0.2) is 82.9 Å². The van der Waals surface area contributed by atoms with E-state index >= 15 is 0 Å². The normalized spacial score (nSPS) is 18.3. The van der Waals surface area contributed by atoms with Crippen molar-refractivity contribution in [2.75, 3.05) is 32.1 Å². The van der Waals surface area contributed by atoms with E-state index in [1.165, 1.54) is 0 Å². The predicted molar refractivity (Wildman–Crippen MR) is 145 cm³/mol. The van der Waals surface area contributed by atoms with Crippen molar-refractivity contribution in [2.45, 2.75) is 52.4 Å². The number of benzene rings is 2. The molecule has 0 unspecified atom stereocenters. The standard InChI is InChI=1S/C28H38N4O6/c1-17(2)29-28(37)30-22-10-11-24-23(12-22)26(34)32(19(4)16-33)13-18(3)25(38-24)15-31(5)14-20-6-8-21(9-7-20)27(35)36/h6-12,17-19,25,33H,13-16H2,1-5H3,(H,35,36)(H2,29,30,37)/t18-,19+,25-/m1/s1. The monoisotopic (exact) mass is 526 g/mol. The first-order valence-corrected chi connectivity index (χ1v) is 12.8. The van der Waals surface area contributed by atoms with Gasteiger partial charge in [-0.15, -0.1) is 0 Å². The fourth-order valence-corrected chi connectivity index (χ4v) is 4.38. The number of aliphatic hydroxyl groups is 1. The fourth-order valence-electron chi connectivity index (χ4n) is 4.38. The Morgan fingerprint density at radius 3 is 2.45 bits per heavy atom. The predicted octanol–water partition coefficient (Wildman–Crippen LogP) is 3.27. The Morgan fingerprint density at radius 1 is 1.16 bits per heavy atom. The van der Waals surface area contributed by atoms with E-state index < -0.39 is 12.0 Å². The number of amides is 3. The molecule has 0 bridgehead atoms. The van der Waals surface area contributed by atoms with Crippen LogP contribution in [0, 0.1) is 5.92 Å². The zero-order valence-electron chi connectivity index (χ0n) is 22.6. The van der Waals surface area contributed by atoms with Crippen LogP contribution in [0.1, 0.15) is 54.0 Å². The molecule has 3 rings (SSSR count). The van der Waals surface area contributed by atoms with E-state index in [9.17, 15) is 19.5 Å². The first kappa shape index (κ1) is 28.9. The Labute approximate surface area is 223 Å². The van der Waals surface area contributed by atoms with Gasteiger partial charge in [-0.2, -0.15) is 0 Å². The van der Waals surface area contributed by atoms with Crippen LogP contribution in [0.3, 0.4) is 0 Å². The Morgan fingerprint density at radius 2 is 1.84 bits per heavy atom. The molecule has 206 valence electrons. The summed E-state index contributed by atoms with van der Waals surface area (Å²) < 4.78 is 6.41. The fraction of sp³-hybridized carbons (Fsp3) is 0.464. The summed E-state index contributed by atoms with van der Waals surface area (Å²) >= 11 is 0. The van der Waals surface area contributed by atoms with Crippen LogP contribution in [0.25, 0.3) is 0 Å². The molecule has 1 heterocycles. The van der Waals surface area contributed by atoms with Gasteiger partial charge in [-0.1, -0.05) is 19.1 Å². The number of carboxylic acid groups (broad SMARTS) is 1. The lowest BCUT2D eigenvalue weighted by Crippen LogP contribution is -2.49. The van der Waals surface area contributed by atoms with Crippen molar-refractivity contribution in [3.63, 3.8) is 0 Å². The van der Waals surface area contributed by atoms with Gasteiger partial charge in [-0.3, -0.25) is 9.69 Å². The summed E-state index contributed by atoms with van der Waals surface area (Å²) in [5, 5.41) is 24.5. The molecule has 10 heteroatoms. The number of aliphatic hydroxyl groups excluding tert-OH is 1. The third-order valence-corrected chi connectivity index (χ3v) is 6.49. The molecule has 0 saturated heterocycles. The summed E-state index contributed by atoms with van der Waals surface area (Å²) in [6.07, 6.45) is -0.276. The van der Waals surface area contributed by atoms with Gasteiger partial charge in [-0.25, -0.2) is 9.59 Å². The minimum absolute atomic E-state index is 0.0421. The van der Waals surface area contributed by atoms with Crippen LogP contribution in [0.2, 0.25) is 0 Å². The highest BCUT2D eigenvalue weighted by molar-refractivity contribution is 5.99. The van der Waals surface area contributed by atoms with Crippen LogP contribution >= 0.6 is 0 Å². The molecule has 1 aliphatic heterocycles. The summed E-state index contributed by atoms with van der Waals surface area (Å²) in [6, 6.07) is 10.9. The molecule has 38 heavy (non-hydrogen) atoms. The molecule has 0 fully saturated rings. The van der Waals surface area contributed by atoms with Crippen molar-refractivity contribution < 1.29 is 29.3 Å². The van der Waals surface area contributed by atoms with Crippen molar-refractivity contribution in [2.24, 2.45) is 5.92 Å². The Balaban J connectivity index is 1.84. The number of fused-ring (bicyclic) bond motifs is 1. The number of likely N-dealkylation sites (N-methyl/N-ethyl adjacent to an activating group) is 1. The number of ether oxygens (including phenoxy) is 1. The van der Waals surface area contributed by atoms with Crippen LogP contribution in [0.4, 0.5) is 10.5 Å². The van der Waals surface area contributed by atoms with E-state index in [0.717, 1.165) is 5.56 Å². The van der Waals surface area contributed by atoms with Gasteiger partial charge in [0.15, 0.2) is 0 Å². The number of nitrogens with one attached hydrogen (secondary N) is 2. The number of hydrogen-bond donors (Lipinski definition) is 4. The number of rotatable bonds is 9. The number of aromatic carboxylic acids is 1. The first-order chi connectivity index (χ1) is 18.0. The lowest BCUT2D eigenvalue weighted by atomic mass is 9.99. The smallest absolute Gasteiger partial charge is 0.335 e. The van der Waals surface area contributed by atoms with Gasteiger partial charge in [-0.05, 0) is 63.7 Å². The van der Waals surface area contributed by atoms with Crippen molar-refractivity contribution >= 4 is 23.6 Å². The maximum Gasteiger partial charge on any atom is 0.335 e. The average Bonchev–Trinajstić information content (AvgIpc) is 2.85. The molecular weight excluding hydrogens is 488 g/mol. The Hall–Kier alpha value is -3.63. The van der Waals surface area contributed by atoms with Gasteiger partial charge >= 0.3 is 12.0 Å². The maximum absolute atomic E-state index is 13.6. The molecule has 4 N–H and O–H groups in total. The molecule has 0 spiro atoms. The molecule has 3 atom stereocenters. The topological polar surface area (TPSA) is 131 Å². The maximum atomic E-state index is 13.6. The van der Waals surface area contributed by atoms with Gasteiger partial charge in [0.25, 0.3) is 5.91 Å². The first-order valence-electron chi connectivity index (χ1n) is 12.8. The van der Waals surface area contributed by atoms with Gasteiger partial charge in [0.05, 0.1) is 23.8 Å². The van der Waals surface area contributed by atoms with Gasteiger partial charge in [0.2, 0.25) is 0 Å². The average molecular weight is 527 g/mol. The number of carboxylic acids is 1. The number of urea groups is 1. The summed E-state index contributed by atoms with van der Waals surface area (Å²) in [7, 11) is 1.96. The molecule has 0 radical (unpaired) electrons. The SMILES string of the molecule is CC(C)NC(=O)Nc1ccc2c(c1)C(=O)N([C@@H](C)CO)C[C@@H](C)[C@@H](CN(C)Cc1ccc(C(=O)O)cc1)O2. The van der Waals surface area contributed by atoms with Crippen LogP contribution < -0.4 is 15.4 Å². The molecule has 0 aliphatic carbocycles. The molecule has 1 aliphatic rings. The zero-order valence-corrected chi connectivity index (χ0v) is 22.6. The van der Waals surface area contributed by atoms with E-state index in [2.05, 4.69) is 15.5 Å². The highest BCUT2D eigenvalue weighted by Gasteiger charge is 2.33. The lowest BCUT2D eigenvalue weighted by Gasteiger charge is -2.38. The van der Waals surface area contributed by atoms with Crippen molar-refractivity contribution in [1.82, 2.24) is 15.1 Å². The van der Waals surface area contributed by atoms with Gasteiger partial charge in [0, 0.05) is 37.3 Å². The Bertz CT molecular complexity index is 1140. The number of nitrogens with zero attached hydrogens (tertiary/aromatic N) is 2. The lowest BCUT2D eigenvalue weighted by molar-refractivity contribution is 0.0341. The molecule has 3 amide bonds. The van der Waals surface area contributed by atoms with Crippen molar-refractivity contribution in [1.29, 1.82) is 0 Å². The molecule has 10 nitrogen and oxygen atoms in total. The number of carbonyl (C=O) groups is 3. The Kier molecular flexibility index (Phi) is 9.71. The van der Waals surface area contributed by atoms with E-state index in [1.54, 1.807) is 54.3 Å². The summed E-state index contributed by atoms with van der Waals surface area (Å²) in [4.78, 5) is 40.6. The van der Waals surface area contributed by atoms with E-state index in [4.69, 9.17) is 9.84 Å². The van der Waals surface area contributed by atoms with Gasteiger partial charge in [0.1, 0.15) is 11.9 Å². The third kappa shape index (κ3) is 7.45.